The van der Waals surface area contributed by atoms with Gasteiger partial charge in [-0.15, -0.1) is 24.5 Å². The normalized spacial score (nSPS) is 36.6. The van der Waals surface area contributed by atoms with E-state index in [-0.39, 0.29) is 53.9 Å². The molecule has 2 aromatic rings. The minimum atomic E-state index is -4.81. The fourth-order valence-electron chi connectivity index (χ4n) is 11.2. The number of hydrogen-bond acceptors (Lipinski definition) is 6. The molecule has 6 aliphatic carbocycles. The van der Waals surface area contributed by atoms with Crippen molar-refractivity contribution in [1.82, 2.24) is 10.2 Å². The van der Waals surface area contributed by atoms with Crippen molar-refractivity contribution in [2.75, 3.05) is 6.54 Å². The maximum atomic E-state index is 14.7. The Morgan fingerprint density at radius 2 is 1.67 bits per heavy atom. The van der Waals surface area contributed by atoms with E-state index in [0.29, 0.717) is 36.1 Å². The summed E-state index contributed by atoms with van der Waals surface area (Å²) < 4.78 is 42.5. The Labute approximate surface area is 302 Å². The van der Waals surface area contributed by atoms with Crippen molar-refractivity contribution in [1.29, 1.82) is 0 Å². The number of halogens is 3. The van der Waals surface area contributed by atoms with Crippen LogP contribution in [0.5, 0.6) is 5.75 Å². The molecule has 1 unspecified atom stereocenters. The molecule has 8 atom stereocenters. The molecule has 0 radical (unpaired) electrons. The quantitative estimate of drug-likeness (QED) is 0.188. The van der Waals surface area contributed by atoms with Gasteiger partial charge in [0.2, 0.25) is 0 Å². The molecule has 1 aromatic carbocycles. The number of urea groups is 1. The van der Waals surface area contributed by atoms with Gasteiger partial charge < -0.3 is 25.2 Å². The molecule has 51 heavy (non-hydrogen) atoms. The summed E-state index contributed by atoms with van der Waals surface area (Å²) in [5.41, 5.74) is -1.79. The van der Waals surface area contributed by atoms with E-state index < -0.39 is 34.3 Å². The molecule has 2 bridgehead atoms. The Morgan fingerprint density at radius 3 is 2.31 bits per heavy atom. The first kappa shape index (κ1) is 36.2. The number of alkyl halides is 3. The van der Waals surface area contributed by atoms with E-state index in [2.05, 4.69) is 42.1 Å². The molecule has 2 amide bonds. The van der Waals surface area contributed by atoms with Crippen LogP contribution < -0.4 is 10.1 Å². The van der Waals surface area contributed by atoms with Crippen LogP contribution in [0.1, 0.15) is 92.8 Å². The van der Waals surface area contributed by atoms with Crippen LogP contribution in [0.4, 0.5) is 18.0 Å². The monoisotopic (exact) mass is 726 g/mol. The number of carbonyl (C=O) groups is 2. The van der Waals surface area contributed by atoms with Gasteiger partial charge in [0, 0.05) is 39.3 Å². The number of nitrogens with zero attached hydrogens (tertiary/aromatic N) is 1. The third-order valence-corrected chi connectivity index (χ3v) is 14.6. The lowest BCUT2D eigenvalue weighted by Gasteiger charge is -2.71. The van der Waals surface area contributed by atoms with Crippen LogP contribution in [0.25, 0.3) is 0 Å². The molecule has 3 fully saturated rings. The standard InChI is InChI=1S/C40H49F3N2O5S/c1-24(2)44-34(48)45(22-26-7-9-28(10-8-26)50-40(41,42)43)23-38(49)17-14-32-36(38,5)16-13-31-35(4)15-12-27(46)20-37(35)18-19-39(31,32)29(21-37)33(47)30-11-6-25(3)51-30/h6-11,18-19,21,24,27,31-32,46,49H,12-17,20,22-23H2,1-5H3,(H,44,48)/t27?,31-,32-,35-,36+,37+,38-,39-/m1/s1. The van der Waals surface area contributed by atoms with Crippen molar-refractivity contribution in [2.24, 2.45) is 33.5 Å². The fourth-order valence-corrected chi connectivity index (χ4v) is 12.0. The largest absolute Gasteiger partial charge is 0.573 e. The Balaban J connectivity index is 1.25. The summed E-state index contributed by atoms with van der Waals surface area (Å²) >= 11 is 1.50. The highest BCUT2D eigenvalue weighted by Crippen LogP contribution is 2.78. The molecule has 3 N–H and O–H groups in total. The number of allylic oxidation sites excluding steroid dienone is 4. The van der Waals surface area contributed by atoms with Crippen molar-refractivity contribution >= 4 is 23.2 Å². The molecule has 8 rings (SSSR count). The number of nitrogens with one attached hydrogen (secondary N) is 1. The number of thiophene rings is 1. The third-order valence-electron chi connectivity index (χ3n) is 13.6. The van der Waals surface area contributed by atoms with E-state index in [4.69, 9.17) is 0 Å². The number of rotatable bonds is 8. The number of ketones is 1. The van der Waals surface area contributed by atoms with Crippen molar-refractivity contribution in [3.05, 3.63) is 75.5 Å². The van der Waals surface area contributed by atoms with Gasteiger partial charge in [-0.05, 0) is 113 Å². The molecule has 2 spiro atoms. The number of fused-ring (bicyclic) bond motifs is 1. The summed E-state index contributed by atoms with van der Waals surface area (Å²) in [5, 5.41) is 26.8. The number of hydrogen-bond donors (Lipinski definition) is 3. The SMILES string of the molecule is Cc1ccc(C(=O)C2=C[C@@]34C=C[C@@]25[C@@H]2CC[C@@](O)(CN(Cc6ccc(OC(F)(F)F)cc6)C(=O)NC(C)C)[C@@]2(C)CC[C@@H]5[C@@]3(C)CCC(O)C4)s1. The van der Waals surface area contributed by atoms with Gasteiger partial charge in [0.25, 0.3) is 0 Å². The van der Waals surface area contributed by atoms with Gasteiger partial charge in [-0.3, -0.25) is 4.79 Å². The van der Waals surface area contributed by atoms with E-state index >= 15 is 0 Å². The smallest absolute Gasteiger partial charge is 0.406 e. The minimum absolute atomic E-state index is 0.0222. The zero-order valence-electron chi connectivity index (χ0n) is 30.0. The summed E-state index contributed by atoms with van der Waals surface area (Å²) in [6.45, 7) is 10.3. The summed E-state index contributed by atoms with van der Waals surface area (Å²) in [7, 11) is 0. The zero-order valence-corrected chi connectivity index (χ0v) is 30.8. The lowest BCUT2D eigenvalue weighted by atomic mass is 9.32. The van der Waals surface area contributed by atoms with Crippen molar-refractivity contribution in [3.8, 4) is 5.75 Å². The molecule has 11 heteroatoms. The van der Waals surface area contributed by atoms with E-state index in [1.54, 1.807) is 4.90 Å². The summed E-state index contributed by atoms with van der Waals surface area (Å²) in [6, 6.07) is 8.80. The average molecular weight is 727 g/mol. The Kier molecular flexibility index (Phi) is 8.66. The number of benzene rings is 1. The van der Waals surface area contributed by atoms with Crippen LogP contribution in [0.3, 0.4) is 0 Å². The van der Waals surface area contributed by atoms with Crippen LogP contribution in [0.2, 0.25) is 0 Å². The van der Waals surface area contributed by atoms with Crippen LogP contribution in [0.15, 0.2) is 60.2 Å². The molecule has 7 nitrogen and oxygen atoms in total. The number of aliphatic hydroxyl groups excluding tert-OH is 1. The van der Waals surface area contributed by atoms with Crippen LogP contribution in [0, 0.1) is 40.4 Å². The highest BCUT2D eigenvalue weighted by Gasteiger charge is 2.74. The molecule has 1 aromatic heterocycles. The number of amides is 2. The second-order valence-electron chi connectivity index (χ2n) is 16.7. The molecule has 0 saturated heterocycles. The highest BCUT2D eigenvalue weighted by molar-refractivity contribution is 7.14. The predicted molar refractivity (Wildman–Crippen MR) is 189 cm³/mol. The first-order valence-corrected chi connectivity index (χ1v) is 19.0. The van der Waals surface area contributed by atoms with Gasteiger partial charge in [-0.25, -0.2) is 4.79 Å². The average Bonchev–Trinajstić information content (AvgIpc) is 3.60. The van der Waals surface area contributed by atoms with Crippen molar-refractivity contribution in [3.63, 3.8) is 0 Å². The molecule has 0 aliphatic heterocycles. The lowest BCUT2D eigenvalue weighted by Crippen LogP contribution is -2.67. The fraction of sp³-hybridized carbons (Fsp3) is 0.600. The predicted octanol–water partition coefficient (Wildman–Crippen LogP) is 8.35. The van der Waals surface area contributed by atoms with Gasteiger partial charge >= 0.3 is 12.4 Å². The number of ether oxygens (including phenoxy) is 1. The summed E-state index contributed by atoms with van der Waals surface area (Å²) in [4.78, 5) is 31.8. The lowest BCUT2D eigenvalue weighted by molar-refractivity contribution is -0.274. The number of aryl methyl sites for hydroxylation is 1. The maximum Gasteiger partial charge on any atom is 0.573 e. The van der Waals surface area contributed by atoms with Gasteiger partial charge in [0.05, 0.1) is 23.1 Å². The molecule has 6 aliphatic rings. The third kappa shape index (κ3) is 5.68. The molecule has 276 valence electrons. The first-order chi connectivity index (χ1) is 23.8. The van der Waals surface area contributed by atoms with E-state index in [9.17, 15) is 33.0 Å². The minimum Gasteiger partial charge on any atom is -0.406 e. The Morgan fingerprint density at radius 1 is 1.00 bits per heavy atom. The van der Waals surface area contributed by atoms with Gasteiger partial charge in [-0.1, -0.05) is 44.2 Å². The second-order valence-corrected chi connectivity index (χ2v) is 18.0. The van der Waals surface area contributed by atoms with E-state index in [1.165, 1.54) is 35.6 Å². The van der Waals surface area contributed by atoms with Gasteiger partial charge in [0.15, 0.2) is 5.78 Å². The summed E-state index contributed by atoms with van der Waals surface area (Å²) in [5.74, 6) is -0.262. The maximum absolute atomic E-state index is 14.7. The number of aliphatic hydroxyl groups is 2. The molecule has 1 heterocycles. The molecular formula is C40H49F3N2O5S. The topological polar surface area (TPSA) is 99.1 Å². The van der Waals surface area contributed by atoms with Crippen molar-refractivity contribution < 1.29 is 37.7 Å². The van der Waals surface area contributed by atoms with E-state index in [1.807, 2.05) is 32.9 Å². The summed E-state index contributed by atoms with van der Waals surface area (Å²) in [6.07, 6.45) is 6.28. The van der Waals surface area contributed by atoms with Crippen LogP contribution in [-0.2, 0) is 6.54 Å². The second kappa shape index (κ2) is 12.2. The molecule has 3 saturated carbocycles. The zero-order chi connectivity index (χ0) is 36.8. The first-order valence-electron chi connectivity index (χ1n) is 18.2. The number of Topliss-reactive ketones (excluding diaryl/α,β-unsaturated/α-hetero) is 1. The highest BCUT2D eigenvalue weighted by atomic mass is 32.1. The number of carbonyl (C=O) groups excluding carboxylic acids is 2. The van der Waals surface area contributed by atoms with E-state index in [0.717, 1.165) is 29.7 Å². The van der Waals surface area contributed by atoms with Gasteiger partial charge in [0.1, 0.15) is 5.75 Å². The molecular weight excluding hydrogens is 678 g/mol. The Bertz CT molecular complexity index is 1770. The van der Waals surface area contributed by atoms with Gasteiger partial charge in [-0.2, -0.15) is 0 Å². The van der Waals surface area contributed by atoms with Crippen LogP contribution >= 0.6 is 11.3 Å². The Hall–Kier alpha value is -3.15. The van der Waals surface area contributed by atoms with Crippen molar-refractivity contribution in [2.45, 2.75) is 110 Å². The van der Waals surface area contributed by atoms with Crippen LogP contribution in [-0.4, -0.2) is 57.6 Å².